The summed E-state index contributed by atoms with van der Waals surface area (Å²) in [5.41, 5.74) is 7.31. The molecule has 0 aromatic carbocycles. The van der Waals surface area contributed by atoms with Crippen LogP contribution in [0.25, 0.3) is 0 Å². The number of nitrogens with one attached hydrogen (secondary N) is 1. The molecule has 5 nitrogen and oxygen atoms in total. The van der Waals surface area contributed by atoms with Gasteiger partial charge in [-0.1, -0.05) is 0 Å². The Hall–Kier alpha value is -1.82. The van der Waals surface area contributed by atoms with Gasteiger partial charge in [-0.25, -0.2) is 0 Å². The first-order chi connectivity index (χ1) is 8.95. The first kappa shape index (κ1) is 13.6. The van der Waals surface area contributed by atoms with E-state index in [1.165, 1.54) is 20.0 Å². The van der Waals surface area contributed by atoms with E-state index in [0.29, 0.717) is 0 Å². The molecular formula is C13H18N4OS. The van der Waals surface area contributed by atoms with Gasteiger partial charge in [0.2, 0.25) is 5.91 Å². The molecule has 102 valence electrons. The average Bonchev–Trinajstić information content (AvgIpc) is 2.84. The van der Waals surface area contributed by atoms with Crippen LogP contribution in [0.4, 0.5) is 5.69 Å². The maximum absolute atomic E-state index is 10.8. The minimum absolute atomic E-state index is 0.104. The second kappa shape index (κ2) is 5.44. The zero-order valence-electron chi connectivity index (χ0n) is 11.3. The van der Waals surface area contributed by atoms with E-state index in [-0.39, 0.29) is 12.6 Å². The predicted octanol–water partition coefficient (Wildman–Crippen LogP) is 2.22. The van der Waals surface area contributed by atoms with E-state index in [2.05, 4.69) is 37.3 Å². The number of hydrogen-bond donors (Lipinski definition) is 2. The molecule has 2 aromatic heterocycles. The number of carbonyl (C=O) groups is 1. The average molecular weight is 278 g/mol. The molecule has 0 fully saturated rings. The van der Waals surface area contributed by atoms with Crippen molar-refractivity contribution in [3.63, 3.8) is 0 Å². The number of aryl methyl sites for hydroxylation is 2. The van der Waals surface area contributed by atoms with Crippen LogP contribution in [-0.4, -0.2) is 15.7 Å². The number of thiophene rings is 1. The molecule has 2 aromatic rings. The van der Waals surface area contributed by atoms with Crippen molar-refractivity contribution in [2.24, 2.45) is 5.73 Å². The third-order valence-corrected chi connectivity index (χ3v) is 3.86. The molecule has 1 unspecified atom stereocenters. The largest absolute Gasteiger partial charge is 0.376 e. The Morgan fingerprint density at radius 3 is 2.89 bits per heavy atom. The smallest absolute Gasteiger partial charge is 0.239 e. The molecule has 1 atom stereocenters. The van der Waals surface area contributed by atoms with Gasteiger partial charge in [0, 0.05) is 22.0 Å². The topological polar surface area (TPSA) is 72.9 Å². The summed E-state index contributed by atoms with van der Waals surface area (Å²) in [5, 5.41) is 7.46. The fraction of sp³-hybridized carbons (Fsp3) is 0.385. The molecule has 0 radical (unpaired) electrons. The molecule has 2 rings (SSSR count). The van der Waals surface area contributed by atoms with Crippen molar-refractivity contribution in [1.29, 1.82) is 0 Å². The fourth-order valence-corrected chi connectivity index (χ4v) is 3.11. The zero-order chi connectivity index (χ0) is 14.0. The molecule has 0 saturated carbocycles. The number of amides is 1. The summed E-state index contributed by atoms with van der Waals surface area (Å²) in [7, 11) is 0. The molecule has 3 N–H and O–H groups in total. The summed E-state index contributed by atoms with van der Waals surface area (Å²) < 4.78 is 1.53. The normalized spacial score (nSPS) is 12.4. The van der Waals surface area contributed by atoms with Gasteiger partial charge in [0.25, 0.3) is 0 Å². The van der Waals surface area contributed by atoms with E-state index in [1.807, 2.05) is 0 Å². The molecule has 6 heteroatoms. The summed E-state index contributed by atoms with van der Waals surface area (Å²) in [6.45, 7) is 6.45. The fourth-order valence-electron chi connectivity index (χ4n) is 2.09. The van der Waals surface area contributed by atoms with Crippen LogP contribution in [0.3, 0.4) is 0 Å². The number of hydrogen-bond acceptors (Lipinski definition) is 4. The molecule has 0 aliphatic carbocycles. The highest BCUT2D eigenvalue weighted by molar-refractivity contribution is 7.12. The van der Waals surface area contributed by atoms with Gasteiger partial charge in [-0.05, 0) is 32.4 Å². The number of aromatic nitrogens is 2. The maximum atomic E-state index is 10.8. The van der Waals surface area contributed by atoms with Crippen molar-refractivity contribution >= 4 is 22.9 Å². The van der Waals surface area contributed by atoms with Gasteiger partial charge in [0.1, 0.15) is 6.54 Å². The Bertz CT molecular complexity index is 587. The van der Waals surface area contributed by atoms with Gasteiger partial charge < -0.3 is 11.1 Å². The van der Waals surface area contributed by atoms with Crippen LogP contribution in [0.2, 0.25) is 0 Å². The standard InChI is InChI=1S/C13H18N4OS/c1-8-4-12(10(3)19-8)9(2)16-11-5-15-17(6-11)7-13(14)18/h4-6,9,16H,7H2,1-3H3,(H2,14,18). The van der Waals surface area contributed by atoms with Gasteiger partial charge in [0.05, 0.1) is 11.9 Å². The number of carbonyl (C=O) groups excluding carboxylic acids is 1. The molecule has 2 heterocycles. The molecule has 0 spiro atoms. The predicted molar refractivity (Wildman–Crippen MR) is 77.3 cm³/mol. The molecule has 0 aliphatic rings. The third-order valence-electron chi connectivity index (χ3n) is 2.88. The molecule has 1 amide bonds. The minimum atomic E-state index is -0.396. The molecular weight excluding hydrogens is 260 g/mol. The van der Waals surface area contributed by atoms with Crippen molar-refractivity contribution in [3.05, 3.63) is 33.8 Å². The van der Waals surface area contributed by atoms with Crippen LogP contribution < -0.4 is 11.1 Å². The monoisotopic (exact) mass is 278 g/mol. The zero-order valence-corrected chi connectivity index (χ0v) is 12.1. The van der Waals surface area contributed by atoms with Crippen molar-refractivity contribution < 1.29 is 4.79 Å². The van der Waals surface area contributed by atoms with E-state index in [1.54, 1.807) is 23.7 Å². The van der Waals surface area contributed by atoms with Crippen LogP contribution in [0.15, 0.2) is 18.5 Å². The van der Waals surface area contributed by atoms with Crippen molar-refractivity contribution in [2.45, 2.75) is 33.4 Å². The van der Waals surface area contributed by atoms with Gasteiger partial charge in [0.15, 0.2) is 0 Å². The number of rotatable bonds is 5. The highest BCUT2D eigenvalue weighted by atomic mass is 32.1. The minimum Gasteiger partial charge on any atom is -0.376 e. The van der Waals surface area contributed by atoms with E-state index in [0.717, 1.165) is 5.69 Å². The molecule has 0 saturated heterocycles. The summed E-state index contributed by atoms with van der Waals surface area (Å²) >= 11 is 1.80. The number of nitrogens with zero attached hydrogens (tertiary/aromatic N) is 2. The van der Waals surface area contributed by atoms with Gasteiger partial charge in [-0.3, -0.25) is 9.48 Å². The lowest BCUT2D eigenvalue weighted by molar-refractivity contribution is -0.118. The molecule has 0 aliphatic heterocycles. The quantitative estimate of drug-likeness (QED) is 0.880. The van der Waals surface area contributed by atoms with E-state index in [9.17, 15) is 4.79 Å². The number of nitrogens with two attached hydrogens (primary N) is 1. The van der Waals surface area contributed by atoms with Crippen LogP contribution in [-0.2, 0) is 11.3 Å². The van der Waals surface area contributed by atoms with Crippen LogP contribution in [0, 0.1) is 13.8 Å². The van der Waals surface area contributed by atoms with Gasteiger partial charge >= 0.3 is 0 Å². The van der Waals surface area contributed by atoms with Crippen LogP contribution in [0.5, 0.6) is 0 Å². The lowest BCUT2D eigenvalue weighted by atomic mass is 10.1. The lowest BCUT2D eigenvalue weighted by Crippen LogP contribution is -2.18. The highest BCUT2D eigenvalue weighted by Gasteiger charge is 2.12. The first-order valence-electron chi connectivity index (χ1n) is 6.10. The Balaban J connectivity index is 2.06. The maximum Gasteiger partial charge on any atom is 0.239 e. The van der Waals surface area contributed by atoms with Gasteiger partial charge in [-0.2, -0.15) is 5.10 Å². The number of anilines is 1. The van der Waals surface area contributed by atoms with Crippen molar-refractivity contribution in [1.82, 2.24) is 9.78 Å². The van der Waals surface area contributed by atoms with E-state index >= 15 is 0 Å². The van der Waals surface area contributed by atoms with Crippen LogP contribution >= 0.6 is 11.3 Å². The van der Waals surface area contributed by atoms with E-state index < -0.39 is 5.91 Å². The van der Waals surface area contributed by atoms with Crippen molar-refractivity contribution in [2.75, 3.05) is 5.32 Å². The lowest BCUT2D eigenvalue weighted by Gasteiger charge is -2.13. The SMILES string of the molecule is Cc1cc(C(C)Nc2cnn(CC(N)=O)c2)c(C)s1. The summed E-state index contributed by atoms with van der Waals surface area (Å²) in [5.74, 6) is -0.396. The van der Waals surface area contributed by atoms with Crippen molar-refractivity contribution in [3.8, 4) is 0 Å². The molecule has 0 bridgehead atoms. The molecule has 19 heavy (non-hydrogen) atoms. The second-order valence-electron chi connectivity index (χ2n) is 4.63. The van der Waals surface area contributed by atoms with Crippen LogP contribution in [0.1, 0.15) is 28.3 Å². The summed E-state index contributed by atoms with van der Waals surface area (Å²) in [6, 6.07) is 2.40. The first-order valence-corrected chi connectivity index (χ1v) is 6.91. The highest BCUT2D eigenvalue weighted by Crippen LogP contribution is 2.28. The Labute approximate surface area is 116 Å². The van der Waals surface area contributed by atoms with E-state index in [4.69, 9.17) is 5.73 Å². The Morgan fingerprint density at radius 2 is 2.32 bits per heavy atom. The summed E-state index contributed by atoms with van der Waals surface area (Å²) in [6.07, 6.45) is 3.49. The Morgan fingerprint density at radius 1 is 1.58 bits per heavy atom. The summed E-state index contributed by atoms with van der Waals surface area (Å²) in [4.78, 5) is 13.4. The Kier molecular flexibility index (Phi) is 3.90. The third kappa shape index (κ3) is 3.35. The van der Waals surface area contributed by atoms with Gasteiger partial charge in [-0.15, -0.1) is 11.3 Å². The number of primary amides is 1. The second-order valence-corrected chi connectivity index (χ2v) is 6.09.